The van der Waals surface area contributed by atoms with Crippen molar-refractivity contribution in [2.75, 3.05) is 26.8 Å². The maximum Gasteiger partial charge on any atom is 0.0639 e. The van der Waals surface area contributed by atoms with Crippen LogP contribution in [-0.2, 0) is 4.74 Å². The van der Waals surface area contributed by atoms with Gasteiger partial charge in [-0.15, -0.1) is 11.3 Å². The van der Waals surface area contributed by atoms with Crippen LogP contribution in [0.1, 0.15) is 10.9 Å². The predicted molar refractivity (Wildman–Crippen MR) is 58.7 cm³/mol. The Morgan fingerprint density at radius 2 is 2.64 bits per heavy atom. The number of hydrogen-bond donors (Lipinski definition) is 2. The fraction of sp³-hybridized carbons (Fsp3) is 0.600. The fourth-order valence-corrected chi connectivity index (χ4v) is 2.71. The zero-order valence-corrected chi connectivity index (χ0v) is 9.14. The van der Waals surface area contributed by atoms with Gasteiger partial charge in [0.15, 0.2) is 0 Å². The molecule has 1 aromatic heterocycles. The molecule has 2 unspecified atom stereocenters. The van der Waals surface area contributed by atoms with Crippen LogP contribution in [0.5, 0.6) is 0 Å². The van der Waals surface area contributed by atoms with Gasteiger partial charge in [-0.05, 0) is 18.5 Å². The van der Waals surface area contributed by atoms with Gasteiger partial charge >= 0.3 is 0 Å². The van der Waals surface area contributed by atoms with Crippen LogP contribution in [-0.4, -0.2) is 32.8 Å². The average molecular weight is 212 g/mol. The topological polar surface area (TPSA) is 33.3 Å². The molecule has 2 atom stereocenters. The van der Waals surface area contributed by atoms with Gasteiger partial charge in [0.1, 0.15) is 0 Å². The smallest absolute Gasteiger partial charge is 0.0639 e. The van der Waals surface area contributed by atoms with E-state index in [1.807, 2.05) is 7.05 Å². The van der Waals surface area contributed by atoms with Crippen molar-refractivity contribution in [2.45, 2.75) is 12.1 Å². The molecule has 2 heterocycles. The molecule has 1 saturated heterocycles. The Morgan fingerprint density at radius 1 is 1.71 bits per heavy atom. The summed E-state index contributed by atoms with van der Waals surface area (Å²) in [6.45, 7) is 2.58. The first kappa shape index (κ1) is 10.1. The van der Waals surface area contributed by atoms with E-state index in [1.165, 1.54) is 4.88 Å². The highest BCUT2D eigenvalue weighted by atomic mass is 32.1. The number of rotatable bonds is 3. The molecular formula is C10H16N2OS. The number of likely N-dealkylation sites (N-methyl/N-ethyl adjacent to an activating group) is 1. The lowest BCUT2D eigenvalue weighted by atomic mass is 10.1. The molecular weight excluding hydrogens is 196 g/mol. The Hall–Kier alpha value is -0.420. The SMILES string of the molecule is CNC(c1cccs1)C1COCCN1. The summed E-state index contributed by atoms with van der Waals surface area (Å²) in [5.41, 5.74) is 0. The Balaban J connectivity index is 2.04. The summed E-state index contributed by atoms with van der Waals surface area (Å²) < 4.78 is 5.47. The lowest BCUT2D eigenvalue weighted by Crippen LogP contribution is -2.48. The summed E-state index contributed by atoms with van der Waals surface area (Å²) >= 11 is 1.79. The second-order valence-corrected chi connectivity index (χ2v) is 4.40. The molecule has 2 rings (SSSR count). The van der Waals surface area contributed by atoms with Crippen LogP contribution in [0, 0.1) is 0 Å². The van der Waals surface area contributed by atoms with E-state index >= 15 is 0 Å². The Kier molecular flexibility index (Phi) is 3.53. The lowest BCUT2D eigenvalue weighted by molar-refractivity contribution is 0.0650. The largest absolute Gasteiger partial charge is 0.378 e. The van der Waals surface area contributed by atoms with Crippen LogP contribution in [0.25, 0.3) is 0 Å². The molecule has 3 nitrogen and oxygen atoms in total. The van der Waals surface area contributed by atoms with Gasteiger partial charge < -0.3 is 15.4 Å². The van der Waals surface area contributed by atoms with E-state index in [2.05, 4.69) is 28.1 Å². The van der Waals surface area contributed by atoms with Crippen molar-refractivity contribution in [1.29, 1.82) is 0 Å². The highest BCUT2D eigenvalue weighted by Crippen LogP contribution is 2.22. The maximum atomic E-state index is 5.47. The number of ether oxygens (including phenoxy) is 1. The quantitative estimate of drug-likeness (QED) is 0.784. The molecule has 0 amide bonds. The molecule has 0 aliphatic carbocycles. The second kappa shape index (κ2) is 4.89. The molecule has 0 aromatic carbocycles. The van der Waals surface area contributed by atoms with Crippen molar-refractivity contribution in [3.05, 3.63) is 22.4 Å². The van der Waals surface area contributed by atoms with Gasteiger partial charge in [0.25, 0.3) is 0 Å². The zero-order valence-electron chi connectivity index (χ0n) is 8.32. The molecule has 78 valence electrons. The van der Waals surface area contributed by atoms with E-state index in [9.17, 15) is 0 Å². The van der Waals surface area contributed by atoms with Crippen LogP contribution < -0.4 is 10.6 Å². The minimum atomic E-state index is 0.371. The molecule has 0 radical (unpaired) electrons. The highest BCUT2D eigenvalue weighted by Gasteiger charge is 2.24. The van der Waals surface area contributed by atoms with E-state index in [0.717, 1.165) is 19.8 Å². The molecule has 1 aliphatic rings. The van der Waals surface area contributed by atoms with Crippen molar-refractivity contribution in [3.63, 3.8) is 0 Å². The van der Waals surface area contributed by atoms with Gasteiger partial charge in [-0.3, -0.25) is 0 Å². The lowest BCUT2D eigenvalue weighted by Gasteiger charge is -2.30. The predicted octanol–water partition coefficient (Wildman–Crippen LogP) is 0.997. The summed E-state index contributed by atoms with van der Waals surface area (Å²) in [6, 6.07) is 5.03. The molecule has 1 fully saturated rings. The van der Waals surface area contributed by atoms with Gasteiger partial charge in [0.05, 0.1) is 25.3 Å². The fourth-order valence-electron chi connectivity index (χ4n) is 1.81. The monoisotopic (exact) mass is 212 g/mol. The molecule has 0 spiro atoms. The first-order valence-electron chi connectivity index (χ1n) is 4.93. The van der Waals surface area contributed by atoms with E-state index in [0.29, 0.717) is 12.1 Å². The third-order valence-corrected chi connectivity index (χ3v) is 3.47. The third-order valence-electron chi connectivity index (χ3n) is 2.51. The van der Waals surface area contributed by atoms with E-state index in [-0.39, 0.29) is 0 Å². The van der Waals surface area contributed by atoms with Crippen molar-refractivity contribution < 1.29 is 4.74 Å². The van der Waals surface area contributed by atoms with Crippen molar-refractivity contribution in [3.8, 4) is 0 Å². The third kappa shape index (κ3) is 2.15. The summed E-state index contributed by atoms with van der Waals surface area (Å²) in [6.07, 6.45) is 0. The minimum Gasteiger partial charge on any atom is -0.378 e. The van der Waals surface area contributed by atoms with Crippen LogP contribution >= 0.6 is 11.3 Å². The van der Waals surface area contributed by atoms with Crippen LogP contribution in [0.15, 0.2) is 17.5 Å². The minimum absolute atomic E-state index is 0.371. The molecule has 2 N–H and O–H groups in total. The van der Waals surface area contributed by atoms with Crippen molar-refractivity contribution in [2.24, 2.45) is 0 Å². The van der Waals surface area contributed by atoms with E-state index < -0.39 is 0 Å². The van der Waals surface area contributed by atoms with E-state index in [1.54, 1.807) is 11.3 Å². The number of morpholine rings is 1. The number of nitrogens with one attached hydrogen (secondary N) is 2. The summed E-state index contributed by atoms with van der Waals surface area (Å²) in [5, 5.41) is 8.93. The first-order valence-corrected chi connectivity index (χ1v) is 5.81. The Morgan fingerprint density at radius 3 is 3.21 bits per heavy atom. The molecule has 0 saturated carbocycles. The maximum absolute atomic E-state index is 5.47. The van der Waals surface area contributed by atoms with Crippen LogP contribution in [0.2, 0.25) is 0 Å². The molecule has 4 heteroatoms. The van der Waals surface area contributed by atoms with Gasteiger partial charge in [0, 0.05) is 11.4 Å². The zero-order chi connectivity index (χ0) is 9.80. The molecule has 1 aliphatic heterocycles. The molecule has 14 heavy (non-hydrogen) atoms. The van der Waals surface area contributed by atoms with Crippen LogP contribution in [0.3, 0.4) is 0 Å². The number of hydrogen-bond acceptors (Lipinski definition) is 4. The van der Waals surface area contributed by atoms with E-state index in [4.69, 9.17) is 4.74 Å². The average Bonchev–Trinajstić information content (AvgIpc) is 2.74. The standard InChI is InChI=1S/C10H16N2OS/c1-11-10(9-3-2-6-14-9)8-7-13-5-4-12-8/h2-3,6,8,10-12H,4-5,7H2,1H3. The van der Waals surface area contributed by atoms with Crippen molar-refractivity contribution in [1.82, 2.24) is 10.6 Å². The van der Waals surface area contributed by atoms with Gasteiger partial charge in [-0.2, -0.15) is 0 Å². The summed E-state index contributed by atoms with van der Waals surface area (Å²) in [4.78, 5) is 1.37. The van der Waals surface area contributed by atoms with Crippen molar-refractivity contribution >= 4 is 11.3 Å². The molecule has 1 aromatic rings. The number of thiophene rings is 1. The first-order chi connectivity index (χ1) is 6.92. The molecule has 0 bridgehead atoms. The Labute approximate surface area is 88.5 Å². The van der Waals surface area contributed by atoms with Gasteiger partial charge in [-0.1, -0.05) is 6.07 Å². The Bertz CT molecular complexity index is 257. The summed E-state index contributed by atoms with van der Waals surface area (Å²) in [5.74, 6) is 0. The van der Waals surface area contributed by atoms with Crippen LogP contribution in [0.4, 0.5) is 0 Å². The van der Waals surface area contributed by atoms with Gasteiger partial charge in [-0.25, -0.2) is 0 Å². The van der Waals surface area contributed by atoms with Gasteiger partial charge in [0.2, 0.25) is 0 Å². The normalized spacial score (nSPS) is 24.8. The summed E-state index contributed by atoms with van der Waals surface area (Å²) in [7, 11) is 2.00. The highest BCUT2D eigenvalue weighted by molar-refractivity contribution is 7.10. The second-order valence-electron chi connectivity index (χ2n) is 3.42.